The number of anilines is 1. The predicted molar refractivity (Wildman–Crippen MR) is 83.5 cm³/mol. The van der Waals surface area contributed by atoms with Gasteiger partial charge in [-0.1, -0.05) is 6.07 Å². The van der Waals surface area contributed by atoms with Crippen molar-refractivity contribution in [3.63, 3.8) is 0 Å². The Hall–Kier alpha value is -1.16. The third-order valence-corrected chi connectivity index (χ3v) is 4.24. The number of aryl methyl sites for hydroxylation is 1. The molecule has 0 atom stereocenters. The van der Waals surface area contributed by atoms with Crippen LogP contribution < -0.4 is 5.73 Å². The Morgan fingerprint density at radius 1 is 1.32 bits per heavy atom. The van der Waals surface area contributed by atoms with Gasteiger partial charge in [-0.3, -0.25) is 4.79 Å². The fraction of sp³-hybridized carbons (Fsp3) is 0.533. The van der Waals surface area contributed by atoms with E-state index >= 15 is 0 Å². The lowest BCUT2D eigenvalue weighted by Gasteiger charge is -2.18. The molecule has 0 saturated heterocycles. The Bertz CT molecular complexity index is 417. The third-order valence-electron chi connectivity index (χ3n) is 3.08. The largest absolute Gasteiger partial charge is 0.398 e. The first-order valence-corrected chi connectivity index (χ1v) is 7.83. The van der Waals surface area contributed by atoms with Crippen LogP contribution in [0.3, 0.4) is 0 Å². The summed E-state index contributed by atoms with van der Waals surface area (Å²) in [7, 11) is 0. The van der Waals surface area contributed by atoms with Gasteiger partial charge in [0.05, 0.1) is 0 Å². The molecule has 0 unspecified atom stereocenters. The highest BCUT2D eigenvalue weighted by atomic mass is 32.2. The van der Waals surface area contributed by atoms with Crippen LogP contribution in [0.15, 0.2) is 23.1 Å². The summed E-state index contributed by atoms with van der Waals surface area (Å²) in [5.41, 5.74) is 7.97. The lowest BCUT2D eigenvalue weighted by atomic mass is 10.2. The predicted octanol–water partition coefficient (Wildman–Crippen LogP) is 3.32. The van der Waals surface area contributed by atoms with Gasteiger partial charge >= 0.3 is 0 Å². The molecule has 0 spiro atoms. The SMILES string of the molecule is CCN(CC)C(=O)CCCSc1cc(C)ccc1N. The van der Waals surface area contributed by atoms with Crippen molar-refractivity contribution >= 4 is 23.4 Å². The maximum atomic E-state index is 11.8. The molecule has 19 heavy (non-hydrogen) atoms. The second kappa shape index (κ2) is 8.10. The van der Waals surface area contributed by atoms with Crippen molar-refractivity contribution in [2.75, 3.05) is 24.6 Å². The monoisotopic (exact) mass is 280 g/mol. The molecule has 0 aliphatic heterocycles. The van der Waals surface area contributed by atoms with E-state index in [0.29, 0.717) is 6.42 Å². The molecule has 0 radical (unpaired) electrons. The Balaban J connectivity index is 2.35. The van der Waals surface area contributed by atoms with Crippen LogP contribution in [0.4, 0.5) is 5.69 Å². The zero-order valence-electron chi connectivity index (χ0n) is 12.1. The molecule has 0 aliphatic rings. The number of amides is 1. The van der Waals surface area contributed by atoms with Gasteiger partial charge in [0, 0.05) is 30.1 Å². The summed E-state index contributed by atoms with van der Waals surface area (Å²) in [6.07, 6.45) is 1.52. The first-order chi connectivity index (χ1) is 9.08. The summed E-state index contributed by atoms with van der Waals surface area (Å²) in [6.45, 7) is 7.70. The highest BCUT2D eigenvalue weighted by molar-refractivity contribution is 7.99. The number of nitrogens with zero attached hydrogens (tertiary/aromatic N) is 1. The topological polar surface area (TPSA) is 46.3 Å². The lowest BCUT2D eigenvalue weighted by Crippen LogP contribution is -2.30. The minimum Gasteiger partial charge on any atom is -0.398 e. The molecule has 1 rings (SSSR count). The van der Waals surface area contributed by atoms with Gasteiger partial charge in [-0.2, -0.15) is 0 Å². The number of hydrogen-bond acceptors (Lipinski definition) is 3. The standard InChI is InChI=1S/C15H24N2OS/c1-4-17(5-2)15(18)7-6-10-19-14-11-12(3)8-9-13(14)16/h8-9,11H,4-7,10,16H2,1-3H3. The highest BCUT2D eigenvalue weighted by Crippen LogP contribution is 2.26. The summed E-state index contributed by atoms with van der Waals surface area (Å²) in [5, 5.41) is 0. The van der Waals surface area contributed by atoms with E-state index in [2.05, 4.69) is 13.0 Å². The van der Waals surface area contributed by atoms with Crippen LogP contribution in [-0.4, -0.2) is 29.6 Å². The number of carbonyl (C=O) groups excluding carboxylic acids is 1. The van der Waals surface area contributed by atoms with Crippen LogP contribution in [-0.2, 0) is 4.79 Å². The van der Waals surface area contributed by atoms with Crippen molar-refractivity contribution in [1.82, 2.24) is 4.90 Å². The van der Waals surface area contributed by atoms with Crippen LogP contribution in [0.5, 0.6) is 0 Å². The normalized spacial score (nSPS) is 10.5. The van der Waals surface area contributed by atoms with E-state index in [1.807, 2.05) is 30.9 Å². The van der Waals surface area contributed by atoms with E-state index in [1.54, 1.807) is 11.8 Å². The quantitative estimate of drug-likeness (QED) is 0.473. The zero-order chi connectivity index (χ0) is 14.3. The van der Waals surface area contributed by atoms with E-state index in [0.717, 1.165) is 35.8 Å². The molecule has 0 fully saturated rings. The molecule has 2 N–H and O–H groups in total. The van der Waals surface area contributed by atoms with Crippen molar-refractivity contribution in [2.24, 2.45) is 0 Å². The van der Waals surface area contributed by atoms with Crippen LogP contribution in [0.2, 0.25) is 0 Å². The van der Waals surface area contributed by atoms with Crippen LogP contribution in [0.1, 0.15) is 32.3 Å². The fourth-order valence-electron chi connectivity index (χ4n) is 1.91. The molecular weight excluding hydrogens is 256 g/mol. The molecule has 0 aromatic heterocycles. The van der Waals surface area contributed by atoms with Gasteiger partial charge in [0.25, 0.3) is 0 Å². The summed E-state index contributed by atoms with van der Waals surface area (Å²) in [6, 6.07) is 6.06. The molecule has 0 heterocycles. The third kappa shape index (κ3) is 5.15. The van der Waals surface area contributed by atoms with Crippen molar-refractivity contribution in [3.8, 4) is 0 Å². The maximum Gasteiger partial charge on any atom is 0.222 e. The molecule has 1 aromatic rings. The average molecular weight is 280 g/mol. The second-order valence-corrected chi connectivity index (χ2v) is 5.70. The van der Waals surface area contributed by atoms with E-state index in [-0.39, 0.29) is 5.91 Å². The van der Waals surface area contributed by atoms with Gasteiger partial charge in [-0.15, -0.1) is 11.8 Å². The first-order valence-electron chi connectivity index (χ1n) is 6.85. The number of nitrogens with two attached hydrogens (primary N) is 1. The summed E-state index contributed by atoms with van der Waals surface area (Å²) in [5.74, 6) is 1.18. The minimum atomic E-state index is 0.253. The number of carbonyl (C=O) groups is 1. The van der Waals surface area contributed by atoms with Gasteiger partial charge in [-0.25, -0.2) is 0 Å². The maximum absolute atomic E-state index is 11.8. The number of rotatable bonds is 7. The molecule has 0 saturated carbocycles. The van der Waals surface area contributed by atoms with Crippen molar-refractivity contribution < 1.29 is 4.79 Å². The van der Waals surface area contributed by atoms with Crippen LogP contribution in [0, 0.1) is 6.92 Å². The smallest absolute Gasteiger partial charge is 0.222 e. The van der Waals surface area contributed by atoms with E-state index in [4.69, 9.17) is 5.73 Å². The van der Waals surface area contributed by atoms with Crippen LogP contribution in [0.25, 0.3) is 0 Å². The zero-order valence-corrected chi connectivity index (χ0v) is 12.9. The Morgan fingerprint density at radius 2 is 2.00 bits per heavy atom. The molecule has 4 heteroatoms. The van der Waals surface area contributed by atoms with E-state index in [1.165, 1.54) is 5.56 Å². The number of thioether (sulfide) groups is 1. The van der Waals surface area contributed by atoms with E-state index in [9.17, 15) is 4.79 Å². The van der Waals surface area contributed by atoms with Crippen molar-refractivity contribution in [2.45, 2.75) is 38.5 Å². The van der Waals surface area contributed by atoms with Gasteiger partial charge in [0.1, 0.15) is 0 Å². The van der Waals surface area contributed by atoms with Gasteiger partial charge in [-0.05, 0) is 50.6 Å². The molecular formula is C15H24N2OS. The average Bonchev–Trinajstić information content (AvgIpc) is 2.40. The molecule has 0 bridgehead atoms. The number of hydrogen-bond donors (Lipinski definition) is 1. The highest BCUT2D eigenvalue weighted by Gasteiger charge is 2.09. The Labute approximate surface area is 120 Å². The van der Waals surface area contributed by atoms with Crippen molar-refractivity contribution in [3.05, 3.63) is 23.8 Å². The summed E-state index contributed by atoms with van der Waals surface area (Å²) >= 11 is 1.73. The summed E-state index contributed by atoms with van der Waals surface area (Å²) < 4.78 is 0. The minimum absolute atomic E-state index is 0.253. The lowest BCUT2D eigenvalue weighted by molar-refractivity contribution is -0.130. The van der Waals surface area contributed by atoms with Gasteiger partial charge in [0.15, 0.2) is 0 Å². The van der Waals surface area contributed by atoms with E-state index < -0.39 is 0 Å². The molecule has 0 aliphatic carbocycles. The Morgan fingerprint density at radius 3 is 2.63 bits per heavy atom. The van der Waals surface area contributed by atoms with Crippen molar-refractivity contribution in [1.29, 1.82) is 0 Å². The second-order valence-electron chi connectivity index (χ2n) is 4.56. The molecule has 1 amide bonds. The molecule has 106 valence electrons. The fourth-order valence-corrected chi connectivity index (χ4v) is 2.92. The van der Waals surface area contributed by atoms with Crippen LogP contribution >= 0.6 is 11.8 Å². The molecule has 1 aromatic carbocycles. The first kappa shape index (κ1) is 15.9. The number of nitrogen functional groups attached to an aromatic ring is 1. The van der Waals surface area contributed by atoms with Gasteiger partial charge < -0.3 is 10.6 Å². The van der Waals surface area contributed by atoms with Gasteiger partial charge in [0.2, 0.25) is 5.91 Å². The molecule has 3 nitrogen and oxygen atoms in total. The summed E-state index contributed by atoms with van der Waals surface area (Å²) in [4.78, 5) is 14.8. The Kier molecular flexibility index (Phi) is 6.78. The number of benzene rings is 1.